The van der Waals surface area contributed by atoms with Gasteiger partial charge in [-0.2, -0.15) is 0 Å². The molecule has 0 aromatic heterocycles. The van der Waals surface area contributed by atoms with Crippen LogP contribution in [0.5, 0.6) is 5.75 Å². The van der Waals surface area contributed by atoms with E-state index in [0.717, 1.165) is 11.8 Å². The van der Waals surface area contributed by atoms with Crippen LogP contribution >= 0.6 is 24.0 Å². The van der Waals surface area contributed by atoms with E-state index < -0.39 is 11.9 Å². The van der Waals surface area contributed by atoms with E-state index in [1.165, 1.54) is 29.2 Å². The van der Waals surface area contributed by atoms with E-state index in [4.69, 9.17) is 12.2 Å². The standard InChI is InChI=1S/C17H11NO4S2/c19-13-8-4-1-5-10(13)9-14-15(20)18(17(23)24-14)12-7-3-2-6-11(12)16(21)22/h1-9,19H,(H,21,22)/b14-9-. The summed E-state index contributed by atoms with van der Waals surface area (Å²) >= 11 is 6.31. The van der Waals surface area contributed by atoms with E-state index >= 15 is 0 Å². The predicted molar refractivity (Wildman–Crippen MR) is 97.2 cm³/mol. The maximum absolute atomic E-state index is 12.7. The van der Waals surface area contributed by atoms with E-state index in [1.54, 1.807) is 30.3 Å². The molecule has 7 heteroatoms. The fraction of sp³-hybridized carbons (Fsp3) is 0. The monoisotopic (exact) mass is 357 g/mol. The van der Waals surface area contributed by atoms with Crippen LogP contribution in [0.1, 0.15) is 15.9 Å². The summed E-state index contributed by atoms with van der Waals surface area (Å²) in [6, 6.07) is 12.8. The first-order chi connectivity index (χ1) is 11.5. The maximum atomic E-state index is 12.7. The minimum absolute atomic E-state index is 0.00221. The minimum atomic E-state index is -1.13. The second kappa shape index (κ2) is 6.46. The molecule has 5 nitrogen and oxygen atoms in total. The first-order valence-electron chi connectivity index (χ1n) is 6.87. The Morgan fingerprint density at radius 1 is 1.12 bits per heavy atom. The number of amides is 1. The SMILES string of the molecule is O=C(O)c1ccccc1N1C(=O)/C(=C/c2ccccc2O)SC1=S. The molecule has 2 aromatic rings. The zero-order chi connectivity index (χ0) is 17.3. The average molecular weight is 357 g/mol. The van der Waals surface area contributed by atoms with Crippen molar-refractivity contribution in [3.8, 4) is 5.75 Å². The summed E-state index contributed by atoms with van der Waals surface area (Å²) in [7, 11) is 0. The van der Waals surface area contributed by atoms with Crippen LogP contribution in [-0.2, 0) is 4.79 Å². The van der Waals surface area contributed by atoms with Gasteiger partial charge in [-0.3, -0.25) is 9.69 Å². The first kappa shape index (κ1) is 16.2. The number of aromatic hydroxyl groups is 1. The van der Waals surface area contributed by atoms with Gasteiger partial charge in [0.15, 0.2) is 4.32 Å². The Labute approximate surface area is 147 Å². The summed E-state index contributed by atoms with van der Waals surface area (Å²) in [6.45, 7) is 0. The minimum Gasteiger partial charge on any atom is -0.507 e. The number of rotatable bonds is 3. The third kappa shape index (κ3) is 2.91. The third-order valence-corrected chi connectivity index (χ3v) is 4.69. The Hall–Kier alpha value is -2.64. The van der Waals surface area contributed by atoms with Gasteiger partial charge in [0, 0.05) is 5.56 Å². The quantitative estimate of drug-likeness (QED) is 0.647. The number of para-hydroxylation sites is 2. The Morgan fingerprint density at radius 2 is 1.79 bits per heavy atom. The fourth-order valence-electron chi connectivity index (χ4n) is 2.28. The number of carbonyl (C=O) groups is 2. The number of nitrogens with zero attached hydrogens (tertiary/aromatic N) is 1. The summed E-state index contributed by atoms with van der Waals surface area (Å²) in [5.74, 6) is -1.50. The molecule has 1 aliphatic rings. The van der Waals surface area contributed by atoms with Gasteiger partial charge in [0.25, 0.3) is 5.91 Å². The van der Waals surface area contributed by atoms with E-state index in [-0.39, 0.29) is 21.3 Å². The second-order valence-electron chi connectivity index (χ2n) is 4.90. The van der Waals surface area contributed by atoms with E-state index in [1.807, 2.05) is 0 Å². The van der Waals surface area contributed by atoms with Crippen LogP contribution in [0.25, 0.3) is 6.08 Å². The molecule has 1 heterocycles. The lowest BCUT2D eigenvalue weighted by atomic mass is 10.1. The molecular formula is C17H11NO4S2. The fourth-order valence-corrected chi connectivity index (χ4v) is 3.55. The molecule has 1 aliphatic heterocycles. The lowest BCUT2D eigenvalue weighted by Gasteiger charge is -2.16. The third-order valence-electron chi connectivity index (χ3n) is 3.39. The van der Waals surface area contributed by atoms with Crippen molar-refractivity contribution in [2.75, 3.05) is 4.90 Å². The normalized spacial score (nSPS) is 16.0. The Balaban J connectivity index is 2.02. The van der Waals surface area contributed by atoms with Crippen molar-refractivity contribution in [2.45, 2.75) is 0 Å². The molecule has 3 rings (SSSR count). The zero-order valence-electron chi connectivity index (χ0n) is 12.2. The van der Waals surface area contributed by atoms with Crippen LogP contribution < -0.4 is 4.90 Å². The Bertz CT molecular complexity index is 892. The molecule has 1 saturated heterocycles. The van der Waals surface area contributed by atoms with Crippen molar-refractivity contribution in [1.82, 2.24) is 0 Å². The van der Waals surface area contributed by atoms with Crippen LogP contribution in [0.15, 0.2) is 53.4 Å². The van der Waals surface area contributed by atoms with Crippen molar-refractivity contribution >= 4 is 51.9 Å². The number of thioether (sulfide) groups is 1. The molecule has 0 spiro atoms. The van der Waals surface area contributed by atoms with Gasteiger partial charge in [-0.25, -0.2) is 4.79 Å². The number of anilines is 1. The van der Waals surface area contributed by atoms with Crippen molar-refractivity contribution in [3.63, 3.8) is 0 Å². The molecule has 1 fully saturated rings. The zero-order valence-corrected chi connectivity index (χ0v) is 13.8. The summed E-state index contributed by atoms with van der Waals surface area (Å²) in [5.41, 5.74) is 0.718. The van der Waals surface area contributed by atoms with E-state index in [9.17, 15) is 19.8 Å². The van der Waals surface area contributed by atoms with Gasteiger partial charge in [0.1, 0.15) is 5.75 Å². The second-order valence-corrected chi connectivity index (χ2v) is 6.57. The summed E-state index contributed by atoms with van der Waals surface area (Å²) in [5, 5.41) is 19.1. The highest BCUT2D eigenvalue weighted by molar-refractivity contribution is 8.27. The van der Waals surface area contributed by atoms with Crippen molar-refractivity contribution in [2.24, 2.45) is 0 Å². The molecule has 0 aliphatic carbocycles. The molecule has 120 valence electrons. The number of aromatic carboxylic acids is 1. The van der Waals surface area contributed by atoms with Crippen molar-refractivity contribution < 1.29 is 19.8 Å². The van der Waals surface area contributed by atoms with Crippen LogP contribution in [-0.4, -0.2) is 26.4 Å². The van der Waals surface area contributed by atoms with Gasteiger partial charge in [0.2, 0.25) is 0 Å². The molecule has 0 radical (unpaired) electrons. The number of hydrogen-bond acceptors (Lipinski definition) is 5. The molecule has 0 bridgehead atoms. The number of hydrogen-bond donors (Lipinski definition) is 2. The highest BCUT2D eigenvalue weighted by Crippen LogP contribution is 2.38. The summed E-state index contributed by atoms with van der Waals surface area (Å²) < 4.78 is 0.246. The number of carboxylic acid groups (broad SMARTS) is 1. The molecule has 0 saturated carbocycles. The molecule has 24 heavy (non-hydrogen) atoms. The highest BCUT2D eigenvalue weighted by atomic mass is 32.2. The Kier molecular flexibility index (Phi) is 4.37. The first-order valence-corrected chi connectivity index (χ1v) is 8.10. The predicted octanol–water partition coefficient (Wildman–Crippen LogP) is 3.50. The lowest BCUT2D eigenvalue weighted by molar-refractivity contribution is -0.113. The van der Waals surface area contributed by atoms with Gasteiger partial charge < -0.3 is 10.2 Å². The molecular weight excluding hydrogens is 346 g/mol. The number of phenols is 1. The lowest BCUT2D eigenvalue weighted by Crippen LogP contribution is -2.29. The molecule has 0 unspecified atom stereocenters. The number of thiocarbonyl (C=S) groups is 1. The molecule has 1 amide bonds. The van der Waals surface area contributed by atoms with Gasteiger partial charge >= 0.3 is 5.97 Å². The summed E-state index contributed by atoms with van der Waals surface area (Å²) in [4.78, 5) is 25.6. The van der Waals surface area contributed by atoms with E-state index in [0.29, 0.717) is 10.5 Å². The number of phenolic OH excluding ortho intramolecular Hbond substituents is 1. The molecule has 2 aromatic carbocycles. The summed E-state index contributed by atoms with van der Waals surface area (Å²) in [6.07, 6.45) is 1.54. The van der Waals surface area contributed by atoms with Gasteiger partial charge in [-0.1, -0.05) is 54.3 Å². The average Bonchev–Trinajstić information content (AvgIpc) is 2.83. The molecule has 2 N–H and O–H groups in total. The van der Waals surface area contributed by atoms with Crippen molar-refractivity contribution in [1.29, 1.82) is 0 Å². The topological polar surface area (TPSA) is 77.8 Å². The van der Waals surface area contributed by atoms with Crippen LogP contribution in [0.4, 0.5) is 5.69 Å². The van der Waals surface area contributed by atoms with E-state index in [2.05, 4.69) is 0 Å². The van der Waals surface area contributed by atoms with Crippen LogP contribution in [0.2, 0.25) is 0 Å². The number of carbonyl (C=O) groups excluding carboxylic acids is 1. The highest BCUT2D eigenvalue weighted by Gasteiger charge is 2.35. The molecule has 0 atom stereocenters. The van der Waals surface area contributed by atoms with Gasteiger partial charge in [-0.15, -0.1) is 0 Å². The maximum Gasteiger partial charge on any atom is 0.337 e. The van der Waals surface area contributed by atoms with Gasteiger partial charge in [0.05, 0.1) is 16.2 Å². The number of carboxylic acids is 1. The van der Waals surface area contributed by atoms with Crippen LogP contribution in [0, 0.1) is 0 Å². The largest absolute Gasteiger partial charge is 0.507 e. The van der Waals surface area contributed by atoms with Crippen molar-refractivity contribution in [3.05, 3.63) is 64.6 Å². The van der Waals surface area contributed by atoms with Crippen LogP contribution in [0.3, 0.4) is 0 Å². The smallest absolute Gasteiger partial charge is 0.337 e. The van der Waals surface area contributed by atoms with Gasteiger partial charge in [-0.05, 0) is 24.3 Å². The Morgan fingerprint density at radius 3 is 2.50 bits per heavy atom. The number of benzene rings is 2.